The Balaban J connectivity index is 3.15. The van der Waals surface area contributed by atoms with E-state index in [1.165, 1.54) is 12.1 Å². The summed E-state index contributed by atoms with van der Waals surface area (Å²) in [5.74, 6) is -1.71. The molecule has 0 radical (unpaired) electrons. The van der Waals surface area contributed by atoms with Gasteiger partial charge < -0.3 is 15.3 Å². The standard InChI is InChI=1S/C10H15NO4/c1-3-6(2)9(10(14)15)11-7(12)4-5-8(11)13/h4-6,9,12-13H,3H2,1-2H3,(H,14,15)/t6-,9-/m0/s1. The highest BCUT2D eigenvalue weighted by atomic mass is 16.4. The number of aliphatic carboxylic acids is 1. The van der Waals surface area contributed by atoms with Crippen molar-refractivity contribution in [1.82, 2.24) is 4.57 Å². The van der Waals surface area contributed by atoms with Crippen LogP contribution in [-0.2, 0) is 4.79 Å². The molecule has 1 aromatic rings. The van der Waals surface area contributed by atoms with E-state index in [0.29, 0.717) is 6.42 Å². The number of rotatable bonds is 4. The van der Waals surface area contributed by atoms with Gasteiger partial charge in [-0.3, -0.25) is 4.57 Å². The highest BCUT2D eigenvalue weighted by Crippen LogP contribution is 2.32. The minimum atomic E-state index is -1.06. The van der Waals surface area contributed by atoms with Gasteiger partial charge in [-0.05, 0) is 5.92 Å². The molecule has 0 aliphatic rings. The lowest BCUT2D eigenvalue weighted by molar-refractivity contribution is -0.142. The van der Waals surface area contributed by atoms with E-state index in [0.717, 1.165) is 4.57 Å². The Bertz CT molecular complexity index is 339. The maximum absolute atomic E-state index is 11.1. The highest BCUT2D eigenvalue weighted by molar-refractivity contribution is 5.73. The van der Waals surface area contributed by atoms with Crippen molar-refractivity contribution >= 4 is 5.97 Å². The molecule has 5 nitrogen and oxygen atoms in total. The van der Waals surface area contributed by atoms with Gasteiger partial charge in [0.2, 0.25) is 0 Å². The van der Waals surface area contributed by atoms with Gasteiger partial charge in [-0.1, -0.05) is 20.3 Å². The van der Waals surface area contributed by atoms with E-state index in [1.54, 1.807) is 6.92 Å². The number of carboxylic acids is 1. The van der Waals surface area contributed by atoms with Crippen molar-refractivity contribution < 1.29 is 20.1 Å². The lowest BCUT2D eigenvalue weighted by Gasteiger charge is -2.21. The molecule has 0 saturated heterocycles. The van der Waals surface area contributed by atoms with E-state index in [-0.39, 0.29) is 17.7 Å². The van der Waals surface area contributed by atoms with Gasteiger partial charge in [-0.2, -0.15) is 0 Å². The summed E-state index contributed by atoms with van der Waals surface area (Å²) in [4.78, 5) is 11.1. The number of hydrogen-bond acceptors (Lipinski definition) is 3. The molecule has 84 valence electrons. The van der Waals surface area contributed by atoms with Crippen molar-refractivity contribution in [3.05, 3.63) is 12.1 Å². The number of carbonyl (C=O) groups is 1. The molecule has 1 rings (SSSR count). The molecular weight excluding hydrogens is 198 g/mol. The number of hydrogen-bond donors (Lipinski definition) is 3. The van der Waals surface area contributed by atoms with Crippen LogP contribution in [0.2, 0.25) is 0 Å². The molecule has 0 bridgehead atoms. The molecule has 15 heavy (non-hydrogen) atoms. The Kier molecular flexibility index (Phi) is 3.24. The van der Waals surface area contributed by atoms with Crippen LogP contribution in [0.5, 0.6) is 11.8 Å². The molecule has 0 saturated carbocycles. The van der Waals surface area contributed by atoms with Crippen LogP contribution in [0.3, 0.4) is 0 Å². The summed E-state index contributed by atoms with van der Waals surface area (Å²) in [6.45, 7) is 3.62. The highest BCUT2D eigenvalue weighted by Gasteiger charge is 2.29. The second-order valence-corrected chi connectivity index (χ2v) is 3.59. The zero-order chi connectivity index (χ0) is 11.6. The number of aromatic hydroxyl groups is 2. The monoisotopic (exact) mass is 213 g/mol. The zero-order valence-corrected chi connectivity index (χ0v) is 8.71. The van der Waals surface area contributed by atoms with Gasteiger partial charge in [-0.15, -0.1) is 0 Å². The number of aromatic nitrogens is 1. The summed E-state index contributed by atoms with van der Waals surface area (Å²) in [5, 5.41) is 27.9. The summed E-state index contributed by atoms with van der Waals surface area (Å²) in [7, 11) is 0. The molecule has 1 aromatic heterocycles. The van der Waals surface area contributed by atoms with Crippen LogP contribution in [-0.4, -0.2) is 25.9 Å². The van der Waals surface area contributed by atoms with Crippen molar-refractivity contribution in [3.63, 3.8) is 0 Å². The second-order valence-electron chi connectivity index (χ2n) is 3.59. The Morgan fingerprint density at radius 3 is 2.20 bits per heavy atom. The summed E-state index contributed by atoms with van der Waals surface area (Å²) >= 11 is 0. The van der Waals surface area contributed by atoms with Crippen molar-refractivity contribution in [2.75, 3.05) is 0 Å². The van der Waals surface area contributed by atoms with E-state index >= 15 is 0 Å². The topological polar surface area (TPSA) is 82.7 Å². The van der Waals surface area contributed by atoms with Crippen LogP contribution in [0, 0.1) is 5.92 Å². The maximum Gasteiger partial charge on any atom is 0.327 e. The second kappa shape index (κ2) is 4.25. The zero-order valence-electron chi connectivity index (χ0n) is 8.71. The first-order valence-corrected chi connectivity index (χ1v) is 4.81. The largest absolute Gasteiger partial charge is 0.494 e. The fourth-order valence-electron chi connectivity index (χ4n) is 1.54. The van der Waals surface area contributed by atoms with Gasteiger partial charge in [0.25, 0.3) is 0 Å². The molecule has 0 aromatic carbocycles. The summed E-state index contributed by atoms with van der Waals surface area (Å²) in [6, 6.07) is 1.60. The lowest BCUT2D eigenvalue weighted by atomic mass is 9.99. The fraction of sp³-hybridized carbons (Fsp3) is 0.500. The first-order chi connectivity index (χ1) is 6.99. The van der Waals surface area contributed by atoms with E-state index < -0.39 is 12.0 Å². The third-order valence-corrected chi connectivity index (χ3v) is 2.59. The summed E-state index contributed by atoms with van der Waals surface area (Å²) in [6.07, 6.45) is 0.647. The SMILES string of the molecule is CC[C@H](C)[C@@H](C(=O)O)n1c(O)ccc1O. The van der Waals surface area contributed by atoms with Crippen molar-refractivity contribution in [2.24, 2.45) is 5.92 Å². The summed E-state index contributed by atoms with van der Waals surface area (Å²) < 4.78 is 1.02. The van der Waals surface area contributed by atoms with Crippen LogP contribution in [0.25, 0.3) is 0 Å². The molecule has 0 amide bonds. The molecule has 0 unspecified atom stereocenters. The molecule has 0 fully saturated rings. The van der Waals surface area contributed by atoms with Gasteiger partial charge >= 0.3 is 5.97 Å². The molecule has 3 N–H and O–H groups in total. The Morgan fingerprint density at radius 1 is 1.40 bits per heavy atom. The molecular formula is C10H15NO4. The minimum Gasteiger partial charge on any atom is -0.494 e. The van der Waals surface area contributed by atoms with Crippen LogP contribution < -0.4 is 0 Å². The minimum absolute atomic E-state index is 0.174. The fourth-order valence-corrected chi connectivity index (χ4v) is 1.54. The van der Waals surface area contributed by atoms with Gasteiger partial charge in [-0.25, -0.2) is 4.79 Å². The Hall–Kier alpha value is -1.65. The average molecular weight is 213 g/mol. The molecule has 5 heteroatoms. The lowest BCUT2D eigenvalue weighted by Crippen LogP contribution is -2.24. The smallest absolute Gasteiger partial charge is 0.327 e. The Morgan fingerprint density at radius 2 is 1.87 bits per heavy atom. The van der Waals surface area contributed by atoms with E-state index in [4.69, 9.17) is 5.11 Å². The first kappa shape index (κ1) is 11.4. The van der Waals surface area contributed by atoms with Crippen molar-refractivity contribution in [3.8, 4) is 11.8 Å². The van der Waals surface area contributed by atoms with Gasteiger partial charge in [0.1, 0.15) is 6.04 Å². The van der Waals surface area contributed by atoms with E-state index in [1.807, 2.05) is 6.92 Å². The van der Waals surface area contributed by atoms with E-state index in [9.17, 15) is 15.0 Å². The number of carboxylic acid groups (broad SMARTS) is 1. The molecule has 0 spiro atoms. The van der Waals surface area contributed by atoms with Crippen molar-refractivity contribution in [2.45, 2.75) is 26.3 Å². The maximum atomic E-state index is 11.1. The van der Waals surface area contributed by atoms with Crippen molar-refractivity contribution in [1.29, 1.82) is 0 Å². The van der Waals surface area contributed by atoms with Crippen LogP contribution in [0.15, 0.2) is 12.1 Å². The van der Waals surface area contributed by atoms with Gasteiger partial charge in [0.15, 0.2) is 11.8 Å². The predicted octanol–water partition coefficient (Wildman–Crippen LogP) is 1.57. The molecule has 0 aliphatic heterocycles. The average Bonchev–Trinajstić information content (AvgIpc) is 2.49. The quantitative estimate of drug-likeness (QED) is 0.709. The predicted molar refractivity (Wildman–Crippen MR) is 53.9 cm³/mol. The number of nitrogens with zero attached hydrogens (tertiary/aromatic N) is 1. The first-order valence-electron chi connectivity index (χ1n) is 4.81. The van der Waals surface area contributed by atoms with Crippen LogP contribution in [0.1, 0.15) is 26.3 Å². The van der Waals surface area contributed by atoms with Gasteiger partial charge in [0, 0.05) is 12.1 Å². The summed E-state index contributed by atoms with van der Waals surface area (Å²) in [5.41, 5.74) is 0. The van der Waals surface area contributed by atoms with Crippen LogP contribution in [0.4, 0.5) is 0 Å². The molecule has 0 aliphatic carbocycles. The Labute approximate surface area is 87.6 Å². The van der Waals surface area contributed by atoms with E-state index in [2.05, 4.69) is 0 Å². The van der Waals surface area contributed by atoms with Crippen LogP contribution >= 0.6 is 0 Å². The molecule has 1 heterocycles. The third-order valence-electron chi connectivity index (χ3n) is 2.59. The molecule has 2 atom stereocenters. The van der Waals surface area contributed by atoms with Gasteiger partial charge in [0.05, 0.1) is 0 Å². The third kappa shape index (κ3) is 2.06. The normalized spacial score (nSPS) is 14.8.